The van der Waals surface area contributed by atoms with Gasteiger partial charge in [0, 0.05) is 22.9 Å². The molecule has 0 aliphatic carbocycles. The SMILES string of the molecule is CCc1ccc(-c2nc(COC(=O)CCc3nnc(-c4ccc(C)cc4)o3)cs2)cc1. The van der Waals surface area contributed by atoms with Crippen LogP contribution < -0.4 is 0 Å². The Morgan fingerprint density at radius 3 is 2.52 bits per heavy atom. The average molecular weight is 434 g/mol. The van der Waals surface area contributed by atoms with Crippen molar-refractivity contribution >= 4 is 17.3 Å². The van der Waals surface area contributed by atoms with E-state index in [0.717, 1.165) is 33.8 Å². The fourth-order valence-corrected chi connectivity index (χ4v) is 3.80. The summed E-state index contributed by atoms with van der Waals surface area (Å²) in [6.07, 6.45) is 1.52. The predicted molar refractivity (Wildman–Crippen MR) is 120 cm³/mol. The summed E-state index contributed by atoms with van der Waals surface area (Å²) < 4.78 is 11.0. The maximum Gasteiger partial charge on any atom is 0.306 e. The van der Waals surface area contributed by atoms with Crippen molar-refractivity contribution in [3.05, 3.63) is 76.6 Å². The number of carbonyl (C=O) groups excluding carboxylic acids is 1. The van der Waals surface area contributed by atoms with Gasteiger partial charge in [-0.15, -0.1) is 21.5 Å². The molecule has 0 aliphatic heterocycles. The van der Waals surface area contributed by atoms with Gasteiger partial charge in [-0.3, -0.25) is 4.79 Å². The second-order valence-corrected chi connectivity index (χ2v) is 8.08. The van der Waals surface area contributed by atoms with E-state index in [9.17, 15) is 4.79 Å². The molecular formula is C24H23N3O3S. The monoisotopic (exact) mass is 433 g/mol. The molecule has 158 valence electrons. The van der Waals surface area contributed by atoms with Crippen molar-refractivity contribution in [1.82, 2.24) is 15.2 Å². The topological polar surface area (TPSA) is 78.1 Å². The Kier molecular flexibility index (Phi) is 6.52. The number of hydrogen-bond acceptors (Lipinski definition) is 7. The smallest absolute Gasteiger partial charge is 0.306 e. The van der Waals surface area contributed by atoms with E-state index in [0.29, 0.717) is 18.2 Å². The van der Waals surface area contributed by atoms with Gasteiger partial charge < -0.3 is 9.15 Å². The van der Waals surface area contributed by atoms with Crippen molar-refractivity contribution in [3.8, 4) is 22.0 Å². The number of esters is 1. The molecule has 2 aromatic heterocycles. The summed E-state index contributed by atoms with van der Waals surface area (Å²) in [4.78, 5) is 16.7. The highest BCUT2D eigenvalue weighted by Crippen LogP contribution is 2.24. The van der Waals surface area contributed by atoms with E-state index in [1.165, 1.54) is 5.56 Å². The van der Waals surface area contributed by atoms with Gasteiger partial charge in [-0.05, 0) is 31.0 Å². The molecule has 2 aromatic carbocycles. The molecule has 0 saturated heterocycles. The zero-order valence-electron chi connectivity index (χ0n) is 17.5. The van der Waals surface area contributed by atoms with Crippen LogP contribution in [-0.2, 0) is 29.0 Å². The number of aryl methyl sites for hydroxylation is 3. The Morgan fingerprint density at radius 2 is 1.77 bits per heavy atom. The summed E-state index contributed by atoms with van der Waals surface area (Å²) in [7, 11) is 0. The van der Waals surface area contributed by atoms with Gasteiger partial charge in [-0.1, -0.05) is 48.9 Å². The molecular weight excluding hydrogens is 410 g/mol. The van der Waals surface area contributed by atoms with Crippen molar-refractivity contribution < 1.29 is 13.9 Å². The fourth-order valence-electron chi connectivity index (χ4n) is 2.99. The van der Waals surface area contributed by atoms with Gasteiger partial charge in [0.25, 0.3) is 0 Å². The molecule has 6 nitrogen and oxygen atoms in total. The number of nitrogens with zero attached hydrogens (tertiary/aromatic N) is 3. The van der Waals surface area contributed by atoms with Crippen LogP contribution in [0, 0.1) is 6.92 Å². The lowest BCUT2D eigenvalue weighted by Crippen LogP contribution is -2.06. The minimum Gasteiger partial charge on any atom is -0.459 e. The largest absolute Gasteiger partial charge is 0.459 e. The van der Waals surface area contributed by atoms with Gasteiger partial charge in [-0.25, -0.2) is 4.98 Å². The average Bonchev–Trinajstić information content (AvgIpc) is 3.47. The Bertz CT molecular complexity index is 1150. The van der Waals surface area contributed by atoms with Crippen LogP contribution in [0.4, 0.5) is 0 Å². The lowest BCUT2D eigenvalue weighted by molar-refractivity contribution is -0.145. The highest BCUT2D eigenvalue weighted by molar-refractivity contribution is 7.13. The Morgan fingerprint density at radius 1 is 1.03 bits per heavy atom. The summed E-state index contributed by atoms with van der Waals surface area (Å²) in [6.45, 7) is 4.30. The lowest BCUT2D eigenvalue weighted by Gasteiger charge is -2.02. The first-order chi connectivity index (χ1) is 15.1. The van der Waals surface area contributed by atoms with E-state index >= 15 is 0 Å². The molecule has 0 N–H and O–H groups in total. The molecule has 31 heavy (non-hydrogen) atoms. The van der Waals surface area contributed by atoms with Gasteiger partial charge in [0.15, 0.2) is 0 Å². The maximum atomic E-state index is 12.1. The Balaban J connectivity index is 1.26. The number of carbonyl (C=O) groups is 1. The molecule has 0 amide bonds. The van der Waals surface area contributed by atoms with Crippen LogP contribution in [0.25, 0.3) is 22.0 Å². The molecule has 7 heteroatoms. The van der Waals surface area contributed by atoms with Crippen molar-refractivity contribution in [2.45, 2.75) is 39.7 Å². The first kappa shape index (κ1) is 20.9. The van der Waals surface area contributed by atoms with Crippen LogP contribution in [0.3, 0.4) is 0 Å². The van der Waals surface area contributed by atoms with Crippen LogP contribution in [0.15, 0.2) is 58.3 Å². The van der Waals surface area contributed by atoms with Gasteiger partial charge in [0.1, 0.15) is 11.6 Å². The maximum absolute atomic E-state index is 12.1. The van der Waals surface area contributed by atoms with Crippen molar-refractivity contribution in [2.24, 2.45) is 0 Å². The highest BCUT2D eigenvalue weighted by Gasteiger charge is 2.12. The van der Waals surface area contributed by atoms with E-state index < -0.39 is 0 Å². The molecule has 4 rings (SSSR count). The third-order valence-electron chi connectivity index (χ3n) is 4.85. The van der Waals surface area contributed by atoms with E-state index in [1.54, 1.807) is 11.3 Å². The first-order valence-corrected chi connectivity index (χ1v) is 11.1. The molecule has 0 radical (unpaired) electrons. The minimum atomic E-state index is -0.322. The summed E-state index contributed by atoms with van der Waals surface area (Å²) in [5.74, 6) is 0.543. The molecule has 0 aliphatic rings. The molecule has 0 bridgehead atoms. The zero-order valence-corrected chi connectivity index (χ0v) is 18.3. The molecule has 4 aromatic rings. The summed E-state index contributed by atoms with van der Waals surface area (Å²) in [5, 5.41) is 10.9. The first-order valence-electron chi connectivity index (χ1n) is 10.2. The van der Waals surface area contributed by atoms with Crippen molar-refractivity contribution in [2.75, 3.05) is 0 Å². The lowest BCUT2D eigenvalue weighted by atomic mass is 10.1. The van der Waals surface area contributed by atoms with Crippen LogP contribution in [-0.4, -0.2) is 21.2 Å². The molecule has 0 spiro atoms. The van der Waals surface area contributed by atoms with E-state index in [2.05, 4.69) is 46.4 Å². The van der Waals surface area contributed by atoms with E-state index in [1.807, 2.05) is 36.6 Å². The summed E-state index contributed by atoms with van der Waals surface area (Å²) in [5.41, 5.74) is 5.12. The number of ether oxygens (including phenoxy) is 1. The Labute approximate surface area is 184 Å². The second kappa shape index (κ2) is 9.66. The van der Waals surface area contributed by atoms with Gasteiger partial charge >= 0.3 is 5.97 Å². The number of aromatic nitrogens is 3. The summed E-state index contributed by atoms with van der Waals surface area (Å²) in [6, 6.07) is 16.2. The quantitative estimate of drug-likeness (QED) is 0.346. The van der Waals surface area contributed by atoms with Gasteiger partial charge in [-0.2, -0.15) is 0 Å². The van der Waals surface area contributed by atoms with Crippen LogP contribution >= 0.6 is 11.3 Å². The number of thiazole rings is 1. The minimum absolute atomic E-state index is 0.154. The number of benzene rings is 2. The van der Waals surface area contributed by atoms with Crippen LogP contribution in [0.5, 0.6) is 0 Å². The number of hydrogen-bond donors (Lipinski definition) is 0. The Hall–Kier alpha value is -3.32. The third-order valence-corrected chi connectivity index (χ3v) is 5.79. The summed E-state index contributed by atoms with van der Waals surface area (Å²) >= 11 is 1.54. The molecule has 2 heterocycles. The van der Waals surface area contributed by atoms with Crippen LogP contribution in [0.1, 0.15) is 36.1 Å². The normalized spacial score (nSPS) is 10.9. The third kappa shape index (κ3) is 5.44. The molecule has 0 unspecified atom stereocenters. The van der Waals surface area contributed by atoms with E-state index in [4.69, 9.17) is 9.15 Å². The van der Waals surface area contributed by atoms with Crippen molar-refractivity contribution in [1.29, 1.82) is 0 Å². The van der Waals surface area contributed by atoms with E-state index in [-0.39, 0.29) is 19.0 Å². The molecule has 0 saturated carbocycles. The van der Waals surface area contributed by atoms with Gasteiger partial charge in [0.05, 0.1) is 12.1 Å². The van der Waals surface area contributed by atoms with Crippen molar-refractivity contribution in [3.63, 3.8) is 0 Å². The highest BCUT2D eigenvalue weighted by atomic mass is 32.1. The zero-order chi connectivity index (χ0) is 21.6. The fraction of sp³-hybridized carbons (Fsp3) is 0.250. The van der Waals surface area contributed by atoms with Gasteiger partial charge in [0.2, 0.25) is 11.8 Å². The predicted octanol–water partition coefficient (Wildman–Crippen LogP) is 5.41. The second-order valence-electron chi connectivity index (χ2n) is 7.22. The number of rotatable bonds is 8. The molecule has 0 atom stereocenters. The van der Waals surface area contributed by atoms with Crippen LogP contribution in [0.2, 0.25) is 0 Å². The molecule has 0 fully saturated rings. The standard InChI is InChI=1S/C24H23N3O3S/c1-3-17-6-10-19(11-7-17)24-25-20(15-31-24)14-29-22(28)13-12-21-26-27-23(30-21)18-8-4-16(2)5-9-18/h4-11,15H,3,12-14H2,1-2H3.